The van der Waals surface area contributed by atoms with Gasteiger partial charge in [0.2, 0.25) is 0 Å². The third-order valence-electron chi connectivity index (χ3n) is 5.26. The lowest BCUT2D eigenvalue weighted by molar-refractivity contribution is 0.0992. The Hall–Kier alpha value is -3.44. The molecule has 0 spiro atoms. The maximum Gasteiger partial charge on any atom is 0.187 e. The average Bonchev–Trinajstić information content (AvgIpc) is 2.79. The molecule has 0 N–H and O–H groups in total. The fraction of sp³-hybridized carbons (Fsp3) is 0.222. The van der Waals surface area contributed by atoms with E-state index in [1.54, 1.807) is 12.1 Å². The molecule has 0 aliphatic rings. The Morgan fingerprint density at radius 2 is 1.59 bits per heavy atom. The number of hydrogen-bond donors (Lipinski definition) is 0. The van der Waals surface area contributed by atoms with Gasteiger partial charge in [0.15, 0.2) is 11.5 Å². The number of rotatable bonds is 8. The Balaban J connectivity index is 0.00000363. The molecule has 0 amide bonds. The Labute approximate surface area is 196 Å². The van der Waals surface area contributed by atoms with Crippen LogP contribution >= 0.6 is 12.4 Å². The molecule has 3 aromatic carbocycles. The number of halogens is 1. The highest BCUT2D eigenvalue weighted by Crippen LogP contribution is 2.18. The number of hydrogen-bond acceptors (Lipinski definition) is 3. The molecule has 0 aromatic heterocycles. The second-order valence-corrected chi connectivity index (χ2v) is 7.89. The molecule has 3 rings (SSSR count). The van der Waals surface area contributed by atoms with Gasteiger partial charge < -0.3 is 0 Å². The normalized spacial score (nSPS) is 10.3. The summed E-state index contributed by atoms with van der Waals surface area (Å²) in [5.41, 5.74) is 5.10. The first-order valence-electron chi connectivity index (χ1n) is 10.3. The fourth-order valence-electron chi connectivity index (χ4n) is 3.39. The number of ketones is 1. The molecule has 32 heavy (non-hydrogen) atoms. The molecule has 0 heterocycles. The lowest BCUT2D eigenvalue weighted by Gasteiger charge is -2.27. The summed E-state index contributed by atoms with van der Waals surface area (Å²) in [6.07, 6.45) is 0.320. The van der Waals surface area contributed by atoms with Gasteiger partial charge in [0.05, 0.1) is 18.2 Å². The standard InChI is InChI=1S/C27H25N3O.ClH/c1-20(2)30(18-23-9-7-22(17-28)8-10-23)19-24-5-4-6-25(15-24)27(31)16-21-11-13-26(29-3)14-12-21;/h4-15,20H,16,18-19H2,1-2H3;1H. The Morgan fingerprint density at radius 3 is 2.19 bits per heavy atom. The molecule has 0 aliphatic carbocycles. The van der Waals surface area contributed by atoms with Crippen molar-refractivity contribution in [3.63, 3.8) is 0 Å². The van der Waals surface area contributed by atoms with Crippen LogP contribution in [0.1, 0.15) is 46.5 Å². The van der Waals surface area contributed by atoms with Crippen LogP contribution in [0.5, 0.6) is 0 Å². The number of Topliss-reactive ketones (excluding diaryl/α,β-unsaturated/α-hetero) is 1. The monoisotopic (exact) mass is 443 g/mol. The molecule has 3 aromatic rings. The highest BCUT2D eigenvalue weighted by Gasteiger charge is 2.13. The summed E-state index contributed by atoms with van der Waals surface area (Å²) in [5, 5.41) is 8.98. The van der Waals surface area contributed by atoms with Gasteiger partial charge in [-0.25, -0.2) is 4.85 Å². The van der Waals surface area contributed by atoms with Gasteiger partial charge in [-0.2, -0.15) is 5.26 Å². The van der Waals surface area contributed by atoms with Gasteiger partial charge in [-0.15, -0.1) is 12.4 Å². The summed E-state index contributed by atoms with van der Waals surface area (Å²) in [4.78, 5) is 18.5. The zero-order chi connectivity index (χ0) is 22.2. The van der Waals surface area contributed by atoms with Gasteiger partial charge in [0.1, 0.15) is 0 Å². The van der Waals surface area contributed by atoms with Gasteiger partial charge in [0, 0.05) is 31.1 Å². The first-order valence-corrected chi connectivity index (χ1v) is 10.3. The molecule has 0 saturated carbocycles. The van der Waals surface area contributed by atoms with Crippen LogP contribution in [0.25, 0.3) is 4.85 Å². The molecular formula is C27H26ClN3O. The lowest BCUT2D eigenvalue weighted by Crippen LogP contribution is -2.29. The molecule has 5 heteroatoms. The maximum atomic E-state index is 12.8. The van der Waals surface area contributed by atoms with Crippen molar-refractivity contribution in [2.24, 2.45) is 0 Å². The van der Waals surface area contributed by atoms with E-state index < -0.39 is 0 Å². The van der Waals surface area contributed by atoms with Crippen molar-refractivity contribution >= 4 is 23.9 Å². The molecule has 4 nitrogen and oxygen atoms in total. The average molecular weight is 444 g/mol. The zero-order valence-corrected chi connectivity index (χ0v) is 19.1. The molecule has 0 fully saturated rings. The minimum absolute atomic E-state index is 0. The third-order valence-corrected chi connectivity index (χ3v) is 5.26. The highest BCUT2D eigenvalue weighted by atomic mass is 35.5. The van der Waals surface area contributed by atoms with Gasteiger partial charge >= 0.3 is 0 Å². The first-order chi connectivity index (χ1) is 15.0. The summed E-state index contributed by atoms with van der Waals surface area (Å²) in [6, 6.07) is 25.2. The summed E-state index contributed by atoms with van der Waals surface area (Å²) < 4.78 is 0. The van der Waals surface area contributed by atoms with Crippen LogP contribution in [0, 0.1) is 17.9 Å². The predicted molar refractivity (Wildman–Crippen MR) is 130 cm³/mol. The molecular weight excluding hydrogens is 418 g/mol. The van der Waals surface area contributed by atoms with E-state index in [0.717, 1.165) is 29.8 Å². The quantitative estimate of drug-likeness (QED) is 0.300. The highest BCUT2D eigenvalue weighted by molar-refractivity contribution is 5.97. The zero-order valence-electron chi connectivity index (χ0n) is 18.3. The van der Waals surface area contributed by atoms with E-state index in [0.29, 0.717) is 29.3 Å². The Kier molecular flexibility index (Phi) is 9.17. The number of carbonyl (C=O) groups excluding carboxylic acids is 1. The van der Waals surface area contributed by atoms with Gasteiger partial charge in [-0.05, 0) is 48.7 Å². The van der Waals surface area contributed by atoms with Crippen LogP contribution < -0.4 is 0 Å². The smallest absolute Gasteiger partial charge is 0.187 e. The van der Waals surface area contributed by atoms with Crippen molar-refractivity contribution in [2.45, 2.75) is 39.4 Å². The Bertz CT molecular complexity index is 1120. The number of carbonyl (C=O) groups is 1. The van der Waals surface area contributed by atoms with Gasteiger partial charge in [-0.1, -0.05) is 54.6 Å². The van der Waals surface area contributed by atoms with E-state index in [1.807, 2.05) is 54.6 Å². The SMILES string of the molecule is Cl.[C-]#[N+]c1ccc(CC(=O)c2cccc(CN(Cc3ccc(C#N)cc3)C(C)C)c2)cc1. The number of nitriles is 1. The first kappa shape index (κ1) is 24.8. The number of benzene rings is 3. The summed E-state index contributed by atoms with van der Waals surface area (Å²) in [6.45, 7) is 12.9. The van der Waals surface area contributed by atoms with E-state index >= 15 is 0 Å². The minimum atomic E-state index is 0. The van der Waals surface area contributed by atoms with E-state index in [4.69, 9.17) is 11.8 Å². The van der Waals surface area contributed by atoms with Crippen molar-refractivity contribution < 1.29 is 4.79 Å². The van der Waals surface area contributed by atoms with E-state index in [2.05, 4.69) is 35.7 Å². The predicted octanol–water partition coefficient (Wildman–Crippen LogP) is 6.37. The van der Waals surface area contributed by atoms with Gasteiger partial charge in [0.25, 0.3) is 0 Å². The van der Waals surface area contributed by atoms with Gasteiger partial charge in [-0.3, -0.25) is 9.69 Å². The van der Waals surface area contributed by atoms with Crippen molar-refractivity contribution in [1.82, 2.24) is 4.90 Å². The summed E-state index contributed by atoms with van der Waals surface area (Å²) >= 11 is 0. The molecule has 0 aliphatic heterocycles. The van der Waals surface area contributed by atoms with E-state index in [-0.39, 0.29) is 18.2 Å². The van der Waals surface area contributed by atoms with Crippen LogP contribution in [-0.4, -0.2) is 16.7 Å². The van der Waals surface area contributed by atoms with E-state index in [9.17, 15) is 4.79 Å². The molecule has 162 valence electrons. The van der Waals surface area contributed by atoms with Crippen LogP contribution in [-0.2, 0) is 19.5 Å². The summed E-state index contributed by atoms with van der Waals surface area (Å²) in [7, 11) is 0. The van der Waals surface area contributed by atoms with Crippen LogP contribution in [0.2, 0.25) is 0 Å². The minimum Gasteiger partial charge on any atom is -0.294 e. The molecule has 0 atom stereocenters. The van der Waals surface area contributed by atoms with Crippen LogP contribution in [0.3, 0.4) is 0 Å². The van der Waals surface area contributed by atoms with E-state index in [1.165, 1.54) is 0 Å². The Morgan fingerprint density at radius 1 is 0.969 bits per heavy atom. The fourth-order valence-corrected chi connectivity index (χ4v) is 3.39. The van der Waals surface area contributed by atoms with Crippen molar-refractivity contribution in [3.05, 3.63) is 112 Å². The topological polar surface area (TPSA) is 48.5 Å². The van der Waals surface area contributed by atoms with Crippen LogP contribution in [0.15, 0.2) is 72.8 Å². The second kappa shape index (κ2) is 11.8. The van der Waals surface area contributed by atoms with Crippen molar-refractivity contribution in [2.75, 3.05) is 0 Å². The second-order valence-electron chi connectivity index (χ2n) is 7.89. The molecule has 0 bridgehead atoms. The molecule has 0 saturated heterocycles. The maximum absolute atomic E-state index is 12.8. The summed E-state index contributed by atoms with van der Waals surface area (Å²) in [5.74, 6) is 0.0700. The number of nitrogens with zero attached hydrogens (tertiary/aromatic N) is 3. The third kappa shape index (κ3) is 6.79. The largest absolute Gasteiger partial charge is 0.294 e. The van der Waals surface area contributed by atoms with Crippen molar-refractivity contribution in [3.8, 4) is 6.07 Å². The lowest BCUT2D eigenvalue weighted by atomic mass is 10.0. The van der Waals surface area contributed by atoms with Crippen LogP contribution in [0.4, 0.5) is 5.69 Å². The molecule has 0 radical (unpaired) electrons. The molecule has 0 unspecified atom stereocenters. The van der Waals surface area contributed by atoms with Crippen molar-refractivity contribution in [1.29, 1.82) is 5.26 Å².